The molecule has 1 aromatic carbocycles. The number of halogens is 1. The van der Waals surface area contributed by atoms with E-state index in [0.717, 1.165) is 27.5 Å². The minimum absolute atomic E-state index is 0.162. The molecule has 0 spiro atoms. The van der Waals surface area contributed by atoms with Crippen LogP contribution in [0.2, 0.25) is 5.02 Å². The van der Waals surface area contributed by atoms with Crippen LogP contribution in [0.5, 0.6) is 0 Å². The van der Waals surface area contributed by atoms with E-state index in [0.29, 0.717) is 19.6 Å². The number of aromatic nitrogens is 2. The van der Waals surface area contributed by atoms with Crippen molar-refractivity contribution < 1.29 is 8.42 Å². The number of rotatable bonds is 8. The number of hydrogen-bond acceptors (Lipinski definition) is 4. The Bertz CT molecular complexity index is 800. The molecule has 24 heavy (non-hydrogen) atoms. The standard InChI is InChI=1S/C17H24ClN3O2S/c1-4-24(22,23)10-9-19-11-16-13(2)20-21(14(16)3)12-15-7-5-6-8-17(15)18/h5-8,19H,4,9-12H2,1-3H3. The van der Waals surface area contributed by atoms with Crippen LogP contribution in [0.3, 0.4) is 0 Å². The van der Waals surface area contributed by atoms with E-state index in [1.54, 1.807) is 6.92 Å². The Labute approximate surface area is 148 Å². The molecule has 2 rings (SSSR count). The third-order valence-electron chi connectivity index (χ3n) is 4.14. The van der Waals surface area contributed by atoms with E-state index in [2.05, 4.69) is 10.4 Å². The maximum Gasteiger partial charge on any atom is 0.151 e. The molecule has 1 N–H and O–H groups in total. The predicted octanol–water partition coefficient (Wildman–Crippen LogP) is 2.73. The Morgan fingerprint density at radius 3 is 2.62 bits per heavy atom. The number of aryl methyl sites for hydroxylation is 1. The van der Waals surface area contributed by atoms with Gasteiger partial charge in [-0.25, -0.2) is 8.42 Å². The molecule has 2 aromatic rings. The third-order valence-corrected chi connectivity index (χ3v) is 6.22. The van der Waals surface area contributed by atoms with Crippen LogP contribution in [-0.2, 0) is 22.9 Å². The summed E-state index contributed by atoms with van der Waals surface area (Å²) in [7, 11) is -2.93. The Morgan fingerprint density at radius 2 is 1.96 bits per heavy atom. The lowest BCUT2D eigenvalue weighted by Gasteiger charge is -2.08. The van der Waals surface area contributed by atoms with E-state index in [4.69, 9.17) is 11.6 Å². The van der Waals surface area contributed by atoms with Crippen molar-refractivity contribution in [3.05, 3.63) is 51.8 Å². The van der Waals surface area contributed by atoms with E-state index in [1.807, 2.05) is 42.8 Å². The molecular weight excluding hydrogens is 346 g/mol. The van der Waals surface area contributed by atoms with E-state index in [-0.39, 0.29) is 11.5 Å². The van der Waals surface area contributed by atoms with Gasteiger partial charge in [-0.15, -0.1) is 0 Å². The molecule has 0 unspecified atom stereocenters. The predicted molar refractivity (Wildman–Crippen MR) is 98.3 cm³/mol. The van der Waals surface area contributed by atoms with Crippen LogP contribution in [0.4, 0.5) is 0 Å². The first-order valence-corrected chi connectivity index (χ1v) is 10.2. The van der Waals surface area contributed by atoms with Gasteiger partial charge in [-0.2, -0.15) is 5.10 Å². The monoisotopic (exact) mass is 369 g/mol. The molecule has 0 atom stereocenters. The summed E-state index contributed by atoms with van der Waals surface area (Å²) < 4.78 is 25.0. The molecule has 0 saturated carbocycles. The van der Waals surface area contributed by atoms with Gasteiger partial charge >= 0.3 is 0 Å². The molecule has 1 aromatic heterocycles. The van der Waals surface area contributed by atoms with Crippen LogP contribution < -0.4 is 5.32 Å². The fourth-order valence-corrected chi connectivity index (χ4v) is 3.46. The largest absolute Gasteiger partial charge is 0.312 e. The summed E-state index contributed by atoms with van der Waals surface area (Å²) in [6.07, 6.45) is 0. The minimum atomic E-state index is -2.93. The highest BCUT2D eigenvalue weighted by molar-refractivity contribution is 7.91. The van der Waals surface area contributed by atoms with Gasteiger partial charge < -0.3 is 5.32 Å². The summed E-state index contributed by atoms with van der Waals surface area (Å²) in [5.74, 6) is 0.345. The smallest absolute Gasteiger partial charge is 0.151 e. The van der Waals surface area contributed by atoms with Crippen molar-refractivity contribution in [3.63, 3.8) is 0 Å². The number of benzene rings is 1. The molecule has 7 heteroatoms. The first-order chi connectivity index (χ1) is 11.3. The lowest BCUT2D eigenvalue weighted by Crippen LogP contribution is -2.24. The highest BCUT2D eigenvalue weighted by atomic mass is 35.5. The average molecular weight is 370 g/mol. The molecule has 0 aliphatic heterocycles. The van der Waals surface area contributed by atoms with Gasteiger partial charge in [0.15, 0.2) is 9.84 Å². The zero-order valence-corrected chi connectivity index (χ0v) is 15.9. The van der Waals surface area contributed by atoms with Crippen LogP contribution >= 0.6 is 11.6 Å². The second kappa shape index (κ2) is 8.14. The number of sulfone groups is 1. The summed E-state index contributed by atoms with van der Waals surface area (Å²) in [5.41, 5.74) is 4.15. The first kappa shape index (κ1) is 19.0. The molecule has 5 nitrogen and oxygen atoms in total. The quantitative estimate of drug-likeness (QED) is 0.726. The first-order valence-electron chi connectivity index (χ1n) is 8.01. The van der Waals surface area contributed by atoms with Crippen molar-refractivity contribution in [1.82, 2.24) is 15.1 Å². The topological polar surface area (TPSA) is 64.0 Å². The highest BCUT2D eigenvalue weighted by Gasteiger charge is 2.13. The Balaban J connectivity index is 2.03. The van der Waals surface area contributed by atoms with Crippen molar-refractivity contribution in [3.8, 4) is 0 Å². The van der Waals surface area contributed by atoms with Crippen molar-refractivity contribution in [2.24, 2.45) is 0 Å². The van der Waals surface area contributed by atoms with E-state index in [1.165, 1.54) is 0 Å². The van der Waals surface area contributed by atoms with Crippen LogP contribution in [0.1, 0.15) is 29.4 Å². The number of nitrogens with one attached hydrogen (secondary N) is 1. The van der Waals surface area contributed by atoms with Gasteiger partial charge in [-0.05, 0) is 25.5 Å². The normalized spacial score (nSPS) is 11.8. The van der Waals surface area contributed by atoms with E-state index in [9.17, 15) is 8.42 Å². The second-order valence-electron chi connectivity index (χ2n) is 5.81. The van der Waals surface area contributed by atoms with Gasteiger partial charge in [0.2, 0.25) is 0 Å². The zero-order valence-electron chi connectivity index (χ0n) is 14.3. The van der Waals surface area contributed by atoms with Gasteiger partial charge in [0.1, 0.15) is 0 Å². The van der Waals surface area contributed by atoms with Gasteiger partial charge in [0.25, 0.3) is 0 Å². The van der Waals surface area contributed by atoms with E-state index >= 15 is 0 Å². The summed E-state index contributed by atoms with van der Waals surface area (Å²) in [6, 6.07) is 7.74. The van der Waals surface area contributed by atoms with Gasteiger partial charge in [0, 0.05) is 35.1 Å². The summed E-state index contributed by atoms with van der Waals surface area (Å²) in [6.45, 7) is 7.34. The maximum absolute atomic E-state index is 11.5. The molecule has 0 radical (unpaired) electrons. The molecular formula is C17H24ClN3O2S. The second-order valence-corrected chi connectivity index (χ2v) is 8.69. The summed E-state index contributed by atoms with van der Waals surface area (Å²) >= 11 is 6.22. The average Bonchev–Trinajstić information content (AvgIpc) is 2.80. The van der Waals surface area contributed by atoms with Crippen molar-refractivity contribution >= 4 is 21.4 Å². The molecule has 0 bridgehead atoms. The lowest BCUT2D eigenvalue weighted by atomic mass is 10.2. The Hall–Kier alpha value is -1.37. The van der Waals surface area contributed by atoms with Crippen LogP contribution in [0, 0.1) is 13.8 Å². The van der Waals surface area contributed by atoms with Crippen molar-refractivity contribution in [2.45, 2.75) is 33.9 Å². The van der Waals surface area contributed by atoms with E-state index < -0.39 is 9.84 Å². The number of hydrogen-bond donors (Lipinski definition) is 1. The number of nitrogens with zero attached hydrogens (tertiary/aromatic N) is 2. The van der Waals surface area contributed by atoms with Crippen molar-refractivity contribution in [1.29, 1.82) is 0 Å². The molecule has 0 fully saturated rings. The molecule has 0 aliphatic carbocycles. The Kier molecular flexibility index (Phi) is 6.43. The summed E-state index contributed by atoms with van der Waals surface area (Å²) in [5, 5.41) is 8.52. The summed E-state index contributed by atoms with van der Waals surface area (Å²) in [4.78, 5) is 0. The fourth-order valence-electron chi connectivity index (χ4n) is 2.52. The van der Waals surface area contributed by atoms with Crippen LogP contribution in [0.25, 0.3) is 0 Å². The molecule has 0 saturated heterocycles. The van der Waals surface area contributed by atoms with Crippen LogP contribution in [-0.4, -0.2) is 36.2 Å². The highest BCUT2D eigenvalue weighted by Crippen LogP contribution is 2.19. The zero-order chi connectivity index (χ0) is 17.7. The third kappa shape index (κ3) is 4.82. The van der Waals surface area contributed by atoms with Gasteiger partial charge in [-0.1, -0.05) is 36.7 Å². The van der Waals surface area contributed by atoms with Gasteiger partial charge in [0.05, 0.1) is 18.0 Å². The fraction of sp³-hybridized carbons (Fsp3) is 0.471. The van der Waals surface area contributed by atoms with Crippen molar-refractivity contribution in [2.75, 3.05) is 18.1 Å². The van der Waals surface area contributed by atoms with Crippen LogP contribution in [0.15, 0.2) is 24.3 Å². The molecule has 132 valence electrons. The Morgan fingerprint density at radius 1 is 1.25 bits per heavy atom. The van der Waals surface area contributed by atoms with Gasteiger partial charge in [-0.3, -0.25) is 4.68 Å². The minimum Gasteiger partial charge on any atom is -0.312 e. The molecule has 0 amide bonds. The lowest BCUT2D eigenvalue weighted by molar-refractivity contribution is 0.591. The SMILES string of the molecule is CCS(=O)(=O)CCNCc1c(C)nn(Cc2ccccc2Cl)c1C. The molecule has 0 aliphatic rings. The molecule has 1 heterocycles. The maximum atomic E-state index is 11.5.